The molecule has 0 radical (unpaired) electrons. The van der Waals surface area contributed by atoms with Crippen LogP contribution in [0.2, 0.25) is 0 Å². The predicted molar refractivity (Wildman–Crippen MR) is 96.1 cm³/mol. The average molecular weight is 367 g/mol. The highest BCUT2D eigenvalue weighted by molar-refractivity contribution is 7.92. The van der Waals surface area contributed by atoms with Gasteiger partial charge < -0.3 is 15.0 Å². The van der Waals surface area contributed by atoms with Crippen molar-refractivity contribution >= 4 is 21.4 Å². The Morgan fingerprint density at radius 2 is 2.16 bits per heavy atom. The minimum absolute atomic E-state index is 0.0793. The summed E-state index contributed by atoms with van der Waals surface area (Å²) in [6.45, 7) is 4.70. The molecule has 25 heavy (non-hydrogen) atoms. The summed E-state index contributed by atoms with van der Waals surface area (Å²) < 4.78 is 29.9. The molecule has 0 saturated carbocycles. The van der Waals surface area contributed by atoms with E-state index in [9.17, 15) is 13.2 Å². The molecule has 1 aromatic rings. The Balaban J connectivity index is 1.83. The minimum Gasteiger partial charge on any atom is -0.496 e. The summed E-state index contributed by atoms with van der Waals surface area (Å²) in [7, 11) is -0.203. The summed E-state index contributed by atoms with van der Waals surface area (Å²) in [4.78, 5) is 16.8. The van der Waals surface area contributed by atoms with Gasteiger partial charge in [0.1, 0.15) is 11.6 Å². The number of hydrogen-bond donors (Lipinski definition) is 1. The molecule has 3 rings (SSSR count). The van der Waals surface area contributed by atoms with E-state index >= 15 is 0 Å². The molecule has 1 N–H and O–H groups in total. The smallest absolute Gasteiger partial charge is 0.255 e. The van der Waals surface area contributed by atoms with Gasteiger partial charge >= 0.3 is 0 Å². The first-order chi connectivity index (χ1) is 11.9. The van der Waals surface area contributed by atoms with Gasteiger partial charge in [-0.25, -0.2) is 8.42 Å². The van der Waals surface area contributed by atoms with Gasteiger partial charge in [-0.1, -0.05) is 6.92 Å². The summed E-state index contributed by atoms with van der Waals surface area (Å²) >= 11 is 0. The summed E-state index contributed by atoms with van der Waals surface area (Å²) in [6, 6.07) is 3.40. The molecule has 1 saturated heterocycles. The maximum Gasteiger partial charge on any atom is 0.255 e. The Hall–Kier alpha value is -1.80. The Kier molecular flexibility index (Phi) is 4.92. The van der Waals surface area contributed by atoms with Crippen LogP contribution in [0.25, 0.3) is 0 Å². The van der Waals surface area contributed by atoms with Crippen molar-refractivity contribution in [3.8, 4) is 5.75 Å². The van der Waals surface area contributed by atoms with E-state index in [-0.39, 0.29) is 22.2 Å². The third-order valence-electron chi connectivity index (χ3n) is 5.04. The Morgan fingerprint density at radius 3 is 2.84 bits per heavy atom. The molecule has 1 fully saturated rings. The molecule has 1 aromatic carbocycles. The second kappa shape index (κ2) is 6.84. The van der Waals surface area contributed by atoms with Crippen molar-refractivity contribution < 1.29 is 17.9 Å². The van der Waals surface area contributed by atoms with E-state index in [2.05, 4.69) is 17.1 Å². The Morgan fingerprint density at radius 1 is 1.40 bits per heavy atom. The SMILES string of the molecule is CCN1CCCC1CNC(=O)c1cc2c(cc1OC)N(C)CS2(=O)=O. The molecule has 1 atom stereocenters. The van der Waals surface area contributed by atoms with Gasteiger partial charge in [0, 0.05) is 25.7 Å². The van der Waals surface area contributed by atoms with Crippen molar-refractivity contribution in [2.24, 2.45) is 0 Å². The van der Waals surface area contributed by atoms with Crippen LogP contribution in [0, 0.1) is 0 Å². The number of likely N-dealkylation sites (N-methyl/N-ethyl adjacent to an activating group) is 1. The highest BCUT2D eigenvalue weighted by Gasteiger charge is 2.33. The number of sulfone groups is 1. The number of carbonyl (C=O) groups excluding carboxylic acids is 1. The van der Waals surface area contributed by atoms with E-state index in [0.29, 0.717) is 24.0 Å². The van der Waals surface area contributed by atoms with Crippen LogP contribution in [-0.2, 0) is 9.84 Å². The highest BCUT2D eigenvalue weighted by Crippen LogP contribution is 2.38. The minimum atomic E-state index is -3.40. The first-order valence-electron chi connectivity index (χ1n) is 8.55. The Labute approximate surface area is 148 Å². The van der Waals surface area contributed by atoms with Crippen molar-refractivity contribution in [1.29, 1.82) is 0 Å². The number of anilines is 1. The molecule has 7 nitrogen and oxygen atoms in total. The number of carbonyl (C=O) groups is 1. The molecule has 2 aliphatic rings. The summed E-state index contributed by atoms with van der Waals surface area (Å²) in [5, 5.41) is 2.94. The maximum atomic E-state index is 12.7. The van der Waals surface area contributed by atoms with E-state index < -0.39 is 9.84 Å². The van der Waals surface area contributed by atoms with Crippen LogP contribution < -0.4 is 15.0 Å². The second-order valence-electron chi connectivity index (χ2n) is 6.60. The number of hydrogen-bond acceptors (Lipinski definition) is 6. The Bertz CT molecular complexity index is 778. The number of nitrogens with one attached hydrogen (secondary N) is 1. The largest absolute Gasteiger partial charge is 0.496 e. The number of likely N-dealkylation sites (tertiary alicyclic amines) is 1. The normalized spacial score (nSPS) is 22.0. The fourth-order valence-electron chi connectivity index (χ4n) is 3.69. The zero-order valence-corrected chi connectivity index (χ0v) is 15.7. The molecule has 0 bridgehead atoms. The fraction of sp³-hybridized carbons (Fsp3) is 0.588. The lowest BCUT2D eigenvalue weighted by Crippen LogP contribution is -2.40. The summed E-state index contributed by atoms with van der Waals surface area (Å²) in [5.41, 5.74) is 0.836. The van der Waals surface area contributed by atoms with Gasteiger partial charge in [-0.05, 0) is 32.0 Å². The standard InChI is InChI=1S/C17H25N3O4S/c1-4-20-7-5-6-12(20)10-18-17(21)13-8-16-14(9-15(13)24-3)19(2)11-25(16,22)23/h8-9,12H,4-7,10-11H2,1-3H3,(H,18,21). The van der Waals surface area contributed by atoms with Crippen molar-refractivity contribution in [2.75, 3.05) is 44.6 Å². The van der Waals surface area contributed by atoms with Crippen LogP contribution in [0.1, 0.15) is 30.1 Å². The third-order valence-corrected chi connectivity index (χ3v) is 6.76. The number of benzene rings is 1. The first-order valence-corrected chi connectivity index (χ1v) is 10.2. The summed E-state index contributed by atoms with van der Waals surface area (Å²) in [6.07, 6.45) is 2.20. The topological polar surface area (TPSA) is 79.0 Å². The van der Waals surface area contributed by atoms with Crippen molar-refractivity contribution in [2.45, 2.75) is 30.7 Å². The average Bonchev–Trinajstić information content (AvgIpc) is 3.13. The predicted octanol–water partition coefficient (Wildman–Crippen LogP) is 1.09. The number of amides is 1. The molecular weight excluding hydrogens is 342 g/mol. The molecule has 8 heteroatoms. The van der Waals surface area contributed by atoms with Gasteiger partial charge in [0.2, 0.25) is 0 Å². The van der Waals surface area contributed by atoms with Gasteiger partial charge in [0.25, 0.3) is 5.91 Å². The molecule has 0 aliphatic carbocycles. The van der Waals surface area contributed by atoms with Gasteiger partial charge in [0.05, 0.1) is 23.3 Å². The van der Waals surface area contributed by atoms with Crippen LogP contribution in [0.3, 0.4) is 0 Å². The number of methoxy groups -OCH3 is 1. The van der Waals surface area contributed by atoms with E-state index in [1.165, 1.54) is 13.2 Å². The van der Waals surface area contributed by atoms with Gasteiger partial charge in [0.15, 0.2) is 9.84 Å². The number of fused-ring (bicyclic) bond motifs is 1. The molecule has 1 unspecified atom stereocenters. The summed E-state index contributed by atoms with van der Waals surface area (Å²) in [5.74, 6) is 0.00992. The van der Waals surface area contributed by atoms with Crippen molar-refractivity contribution in [3.63, 3.8) is 0 Å². The van der Waals surface area contributed by atoms with Crippen LogP contribution in [0.4, 0.5) is 5.69 Å². The van der Waals surface area contributed by atoms with Gasteiger partial charge in [-0.2, -0.15) is 0 Å². The lowest BCUT2D eigenvalue weighted by molar-refractivity contribution is 0.0938. The van der Waals surface area contributed by atoms with Crippen LogP contribution in [0.15, 0.2) is 17.0 Å². The van der Waals surface area contributed by atoms with Gasteiger partial charge in [-0.15, -0.1) is 0 Å². The van der Waals surface area contributed by atoms with Crippen molar-refractivity contribution in [3.05, 3.63) is 17.7 Å². The fourth-order valence-corrected chi connectivity index (χ4v) is 5.30. The molecule has 2 heterocycles. The molecule has 1 amide bonds. The molecule has 0 spiro atoms. The van der Waals surface area contributed by atoms with Crippen molar-refractivity contribution in [1.82, 2.24) is 10.2 Å². The van der Waals surface area contributed by atoms with E-state index in [1.54, 1.807) is 18.0 Å². The lowest BCUT2D eigenvalue weighted by atomic mass is 10.1. The quantitative estimate of drug-likeness (QED) is 0.839. The maximum absolute atomic E-state index is 12.7. The van der Waals surface area contributed by atoms with Crippen LogP contribution in [0.5, 0.6) is 5.75 Å². The van der Waals surface area contributed by atoms with Crippen LogP contribution >= 0.6 is 0 Å². The molecule has 138 valence electrons. The number of ether oxygens (including phenoxy) is 1. The van der Waals surface area contributed by atoms with E-state index in [0.717, 1.165) is 25.9 Å². The first kappa shape index (κ1) is 18.0. The monoisotopic (exact) mass is 367 g/mol. The third kappa shape index (κ3) is 3.32. The second-order valence-corrected chi connectivity index (χ2v) is 8.52. The van der Waals surface area contributed by atoms with E-state index in [4.69, 9.17) is 4.74 Å². The van der Waals surface area contributed by atoms with Gasteiger partial charge in [-0.3, -0.25) is 9.69 Å². The zero-order chi connectivity index (χ0) is 18.2. The number of nitrogens with zero attached hydrogens (tertiary/aromatic N) is 2. The molecule has 0 aromatic heterocycles. The molecule has 2 aliphatic heterocycles. The zero-order valence-electron chi connectivity index (χ0n) is 14.9. The van der Waals surface area contributed by atoms with Crippen LogP contribution in [-0.4, -0.2) is 64.9 Å². The highest BCUT2D eigenvalue weighted by atomic mass is 32.2. The van der Waals surface area contributed by atoms with E-state index in [1.807, 2.05) is 0 Å². The molecular formula is C17H25N3O4S. The number of rotatable bonds is 5. The lowest BCUT2D eigenvalue weighted by Gasteiger charge is -2.23.